The van der Waals surface area contributed by atoms with Gasteiger partial charge in [0.05, 0.1) is 13.1 Å². The van der Waals surface area contributed by atoms with E-state index in [9.17, 15) is 9.59 Å². The van der Waals surface area contributed by atoms with Crippen LogP contribution in [-0.4, -0.2) is 38.2 Å². The van der Waals surface area contributed by atoms with E-state index in [-0.39, 0.29) is 6.04 Å². The molecule has 2 aromatic heterocycles. The highest BCUT2D eigenvalue weighted by Gasteiger charge is 2.25. The van der Waals surface area contributed by atoms with Crippen LogP contribution in [0.25, 0.3) is 11.2 Å². The van der Waals surface area contributed by atoms with Gasteiger partial charge >= 0.3 is 5.69 Å². The normalized spacial score (nSPS) is 16.5. The lowest BCUT2D eigenvalue weighted by Crippen LogP contribution is -2.44. The Morgan fingerprint density at radius 3 is 2.19 bits per heavy atom. The largest absolute Gasteiger partial charge is 0.341 e. The number of fused-ring (bicyclic) bond motifs is 1. The summed E-state index contributed by atoms with van der Waals surface area (Å²) >= 11 is 0. The van der Waals surface area contributed by atoms with Crippen LogP contribution in [0.15, 0.2) is 70.3 Å². The monoisotopic (exact) mass is 430 g/mol. The van der Waals surface area contributed by atoms with Crippen LogP contribution < -0.4 is 21.9 Å². The Bertz CT molecular complexity index is 1340. The van der Waals surface area contributed by atoms with Gasteiger partial charge in [-0.3, -0.25) is 18.9 Å². The van der Waals surface area contributed by atoms with Crippen LogP contribution >= 0.6 is 0 Å². The molecular formula is C24H26N6O2. The van der Waals surface area contributed by atoms with Crippen LogP contribution in [0.4, 0.5) is 5.95 Å². The van der Waals surface area contributed by atoms with E-state index in [4.69, 9.17) is 10.7 Å². The quantitative estimate of drug-likeness (QED) is 0.504. The van der Waals surface area contributed by atoms with Gasteiger partial charge in [0.25, 0.3) is 5.56 Å². The van der Waals surface area contributed by atoms with Crippen molar-refractivity contribution in [3.63, 3.8) is 0 Å². The zero-order chi connectivity index (χ0) is 22.1. The molecule has 5 rings (SSSR count). The Labute approximate surface area is 184 Å². The molecule has 1 saturated heterocycles. The number of aromatic nitrogens is 4. The highest BCUT2D eigenvalue weighted by Crippen LogP contribution is 2.24. The van der Waals surface area contributed by atoms with E-state index < -0.39 is 11.2 Å². The molecule has 1 aliphatic rings. The van der Waals surface area contributed by atoms with E-state index in [2.05, 4.69) is 9.88 Å². The lowest BCUT2D eigenvalue weighted by Gasteiger charge is -2.31. The lowest BCUT2D eigenvalue weighted by molar-refractivity contribution is 0.495. The van der Waals surface area contributed by atoms with Crippen LogP contribution in [-0.2, 0) is 13.1 Å². The fraction of sp³-hybridized carbons (Fsp3) is 0.292. The first-order valence-electron chi connectivity index (χ1n) is 10.9. The maximum absolute atomic E-state index is 13.0. The van der Waals surface area contributed by atoms with E-state index in [1.54, 1.807) is 4.57 Å². The van der Waals surface area contributed by atoms with Crippen molar-refractivity contribution in [1.82, 2.24) is 19.1 Å². The highest BCUT2D eigenvalue weighted by atomic mass is 16.2. The standard InChI is InChI=1S/C24H26N6O2/c25-19-12-7-13-28(16-19)23-26-21-20(29(23)14-17-8-3-1-4-9-17)22(31)27-24(32)30(21)15-18-10-5-2-6-11-18/h1-6,8-11,19H,7,12-16,25H2,(H,27,31,32). The van der Waals surface area contributed by atoms with Gasteiger partial charge in [0, 0.05) is 19.1 Å². The second-order valence-corrected chi connectivity index (χ2v) is 8.34. The van der Waals surface area contributed by atoms with Crippen LogP contribution in [0.3, 0.4) is 0 Å². The van der Waals surface area contributed by atoms with Crippen molar-refractivity contribution in [1.29, 1.82) is 0 Å². The summed E-state index contributed by atoms with van der Waals surface area (Å²) in [6.07, 6.45) is 1.93. The number of rotatable bonds is 5. The van der Waals surface area contributed by atoms with Crippen molar-refractivity contribution in [2.45, 2.75) is 32.0 Å². The van der Waals surface area contributed by atoms with Gasteiger partial charge in [-0.25, -0.2) is 4.79 Å². The predicted octanol–water partition coefficient (Wildman–Crippen LogP) is 1.91. The molecule has 2 aromatic carbocycles. The number of anilines is 1. The number of nitrogens with two attached hydrogens (primary N) is 1. The molecule has 0 bridgehead atoms. The summed E-state index contributed by atoms with van der Waals surface area (Å²) in [5.74, 6) is 0.678. The average molecular weight is 431 g/mol. The first-order chi connectivity index (χ1) is 15.6. The second-order valence-electron chi connectivity index (χ2n) is 8.34. The van der Waals surface area contributed by atoms with Crippen LogP contribution in [0.1, 0.15) is 24.0 Å². The third kappa shape index (κ3) is 3.85. The Hall–Kier alpha value is -3.65. The number of aromatic amines is 1. The first-order valence-corrected chi connectivity index (χ1v) is 10.9. The maximum atomic E-state index is 13.0. The molecule has 32 heavy (non-hydrogen) atoms. The summed E-state index contributed by atoms with van der Waals surface area (Å²) in [7, 11) is 0. The van der Waals surface area contributed by atoms with E-state index in [0.717, 1.165) is 30.5 Å². The molecular weight excluding hydrogens is 404 g/mol. The molecule has 0 aliphatic carbocycles. The Morgan fingerprint density at radius 2 is 1.56 bits per heavy atom. The molecule has 1 atom stereocenters. The summed E-state index contributed by atoms with van der Waals surface area (Å²) < 4.78 is 3.46. The summed E-state index contributed by atoms with van der Waals surface area (Å²) in [6.45, 7) is 2.28. The Kier molecular flexibility index (Phi) is 5.36. The zero-order valence-corrected chi connectivity index (χ0v) is 17.8. The van der Waals surface area contributed by atoms with E-state index in [1.807, 2.05) is 65.2 Å². The van der Waals surface area contributed by atoms with Crippen molar-refractivity contribution in [3.05, 3.63) is 92.6 Å². The SMILES string of the molecule is NC1CCCN(c2nc3c(c(=O)[nH]c(=O)n3Cc3ccccc3)n2Cc2ccccc2)C1. The molecule has 0 saturated carbocycles. The van der Waals surface area contributed by atoms with Crippen LogP contribution in [0, 0.1) is 0 Å². The second kappa shape index (κ2) is 8.47. The molecule has 3 N–H and O–H groups in total. The molecule has 1 aliphatic heterocycles. The summed E-state index contributed by atoms with van der Waals surface area (Å²) in [4.78, 5) is 35.3. The summed E-state index contributed by atoms with van der Waals surface area (Å²) in [5.41, 5.74) is 8.17. The molecule has 164 valence electrons. The van der Waals surface area contributed by atoms with Crippen molar-refractivity contribution < 1.29 is 0 Å². The van der Waals surface area contributed by atoms with E-state index in [0.29, 0.717) is 36.7 Å². The molecule has 4 aromatic rings. The van der Waals surface area contributed by atoms with Crippen molar-refractivity contribution in [2.75, 3.05) is 18.0 Å². The summed E-state index contributed by atoms with van der Waals surface area (Å²) in [6, 6.07) is 19.7. The molecule has 0 amide bonds. The van der Waals surface area contributed by atoms with Crippen molar-refractivity contribution in [3.8, 4) is 0 Å². The minimum absolute atomic E-state index is 0.0542. The lowest BCUT2D eigenvalue weighted by atomic mass is 10.1. The number of nitrogens with one attached hydrogen (secondary N) is 1. The van der Waals surface area contributed by atoms with Gasteiger partial charge in [-0.15, -0.1) is 0 Å². The van der Waals surface area contributed by atoms with Crippen molar-refractivity contribution in [2.24, 2.45) is 5.73 Å². The van der Waals surface area contributed by atoms with Gasteiger partial charge in [0.2, 0.25) is 5.95 Å². The minimum atomic E-state index is -0.461. The molecule has 0 spiro atoms. The maximum Gasteiger partial charge on any atom is 0.330 e. The third-order valence-corrected chi connectivity index (χ3v) is 5.97. The fourth-order valence-corrected chi connectivity index (χ4v) is 4.42. The number of piperidine rings is 1. The van der Waals surface area contributed by atoms with Gasteiger partial charge < -0.3 is 10.6 Å². The first kappa shape index (κ1) is 20.3. The smallest absolute Gasteiger partial charge is 0.330 e. The number of nitrogens with zero attached hydrogens (tertiary/aromatic N) is 4. The van der Waals surface area contributed by atoms with Gasteiger partial charge in [-0.2, -0.15) is 4.98 Å². The van der Waals surface area contributed by atoms with Crippen LogP contribution in [0.5, 0.6) is 0 Å². The van der Waals surface area contributed by atoms with Crippen LogP contribution in [0.2, 0.25) is 0 Å². The molecule has 8 nitrogen and oxygen atoms in total. The van der Waals surface area contributed by atoms with E-state index >= 15 is 0 Å². The Balaban J connectivity index is 1.71. The minimum Gasteiger partial charge on any atom is -0.341 e. The predicted molar refractivity (Wildman–Crippen MR) is 125 cm³/mol. The topological polar surface area (TPSA) is 102 Å². The number of imidazole rings is 1. The van der Waals surface area contributed by atoms with Gasteiger partial charge in [0.15, 0.2) is 11.2 Å². The molecule has 1 unspecified atom stereocenters. The molecule has 3 heterocycles. The highest BCUT2D eigenvalue weighted by molar-refractivity contribution is 5.75. The third-order valence-electron chi connectivity index (χ3n) is 5.97. The number of hydrogen-bond donors (Lipinski definition) is 2. The number of hydrogen-bond acceptors (Lipinski definition) is 5. The van der Waals surface area contributed by atoms with Gasteiger partial charge in [-0.1, -0.05) is 60.7 Å². The van der Waals surface area contributed by atoms with Gasteiger partial charge in [-0.05, 0) is 24.0 Å². The number of H-pyrrole nitrogens is 1. The molecule has 8 heteroatoms. The zero-order valence-electron chi connectivity index (χ0n) is 17.8. The average Bonchev–Trinajstić information content (AvgIpc) is 3.17. The molecule has 0 radical (unpaired) electrons. The summed E-state index contributed by atoms with van der Waals surface area (Å²) in [5, 5.41) is 0. The Morgan fingerprint density at radius 1 is 0.938 bits per heavy atom. The molecule has 1 fully saturated rings. The fourth-order valence-electron chi connectivity index (χ4n) is 4.42. The van der Waals surface area contributed by atoms with Crippen molar-refractivity contribution >= 4 is 17.1 Å². The van der Waals surface area contributed by atoms with E-state index in [1.165, 1.54) is 0 Å². The van der Waals surface area contributed by atoms with Gasteiger partial charge in [0.1, 0.15) is 0 Å². The number of benzene rings is 2.